The number of carbonyl (C=O) groups is 1. The molecule has 1 aromatic heterocycles. The third kappa shape index (κ3) is 2.14. The molecule has 1 saturated carbocycles. The Morgan fingerprint density at radius 1 is 1.67 bits per heavy atom. The third-order valence-electron chi connectivity index (χ3n) is 2.63. The van der Waals surface area contributed by atoms with Crippen LogP contribution in [0.3, 0.4) is 0 Å². The first-order valence-electron chi connectivity index (χ1n) is 4.83. The van der Waals surface area contributed by atoms with Crippen molar-refractivity contribution in [2.24, 2.45) is 13.0 Å². The smallest absolute Gasteiger partial charge is 0.313 e. The van der Waals surface area contributed by atoms with E-state index in [0.717, 1.165) is 12.2 Å². The maximum absolute atomic E-state index is 10.4. The van der Waals surface area contributed by atoms with Crippen LogP contribution < -0.4 is 0 Å². The summed E-state index contributed by atoms with van der Waals surface area (Å²) in [5.74, 6) is 1.39. The summed E-state index contributed by atoms with van der Waals surface area (Å²) < 4.78 is 1.90. The zero-order valence-electron chi connectivity index (χ0n) is 8.67. The van der Waals surface area contributed by atoms with Gasteiger partial charge in [-0.1, -0.05) is 18.7 Å². The van der Waals surface area contributed by atoms with Crippen LogP contribution in [-0.2, 0) is 11.8 Å². The lowest BCUT2D eigenvalue weighted by molar-refractivity contribution is -0.133. The predicted octanol–water partition coefficient (Wildman–Crippen LogP) is 1.12. The highest BCUT2D eigenvalue weighted by Gasteiger charge is 2.38. The lowest BCUT2D eigenvalue weighted by Crippen LogP contribution is -2.02. The minimum Gasteiger partial charge on any atom is -0.481 e. The van der Waals surface area contributed by atoms with E-state index in [4.69, 9.17) is 5.11 Å². The van der Waals surface area contributed by atoms with Gasteiger partial charge in [-0.25, -0.2) is 0 Å². The Bertz CT molecular complexity index is 391. The van der Waals surface area contributed by atoms with Gasteiger partial charge in [0.25, 0.3) is 0 Å². The third-order valence-corrected chi connectivity index (χ3v) is 3.64. The van der Waals surface area contributed by atoms with Crippen molar-refractivity contribution in [1.82, 2.24) is 14.8 Å². The van der Waals surface area contributed by atoms with E-state index in [1.165, 1.54) is 11.8 Å². The highest BCUT2D eigenvalue weighted by Crippen LogP contribution is 2.46. The second kappa shape index (κ2) is 3.84. The predicted molar refractivity (Wildman–Crippen MR) is 55.9 cm³/mol. The minimum atomic E-state index is -0.829. The Kier molecular flexibility index (Phi) is 2.68. The number of rotatable bonds is 4. The van der Waals surface area contributed by atoms with E-state index in [1.54, 1.807) is 0 Å². The van der Waals surface area contributed by atoms with Crippen molar-refractivity contribution in [3.8, 4) is 0 Å². The molecule has 0 aromatic carbocycles. The van der Waals surface area contributed by atoms with Crippen LogP contribution in [0.4, 0.5) is 0 Å². The first kappa shape index (κ1) is 10.5. The van der Waals surface area contributed by atoms with Gasteiger partial charge in [0.2, 0.25) is 0 Å². The quantitative estimate of drug-likeness (QED) is 0.780. The van der Waals surface area contributed by atoms with Crippen molar-refractivity contribution >= 4 is 17.7 Å². The van der Waals surface area contributed by atoms with Gasteiger partial charge in [-0.15, -0.1) is 10.2 Å². The molecule has 1 aromatic rings. The fourth-order valence-corrected chi connectivity index (χ4v) is 2.22. The lowest BCUT2D eigenvalue weighted by Gasteiger charge is -2.00. The summed E-state index contributed by atoms with van der Waals surface area (Å²) in [6.45, 7) is 2.18. The number of carboxylic acid groups (broad SMARTS) is 1. The zero-order valence-corrected chi connectivity index (χ0v) is 9.49. The molecule has 6 heteroatoms. The van der Waals surface area contributed by atoms with E-state index in [9.17, 15) is 4.79 Å². The van der Waals surface area contributed by atoms with Crippen LogP contribution in [0, 0.1) is 5.92 Å². The summed E-state index contributed by atoms with van der Waals surface area (Å²) in [4.78, 5) is 10.4. The molecule has 2 unspecified atom stereocenters. The van der Waals surface area contributed by atoms with Gasteiger partial charge in [0, 0.05) is 13.0 Å². The molecule has 5 nitrogen and oxygen atoms in total. The number of aliphatic carboxylic acids is 1. The summed E-state index contributed by atoms with van der Waals surface area (Å²) in [6.07, 6.45) is 1.16. The van der Waals surface area contributed by atoms with Gasteiger partial charge in [-0.3, -0.25) is 4.79 Å². The average Bonchev–Trinajstić information content (AvgIpc) is 2.75. The molecule has 0 amide bonds. The molecule has 2 atom stereocenters. The summed E-state index contributed by atoms with van der Waals surface area (Å²) in [6, 6.07) is 0. The van der Waals surface area contributed by atoms with Crippen LogP contribution in [0.5, 0.6) is 0 Å². The van der Waals surface area contributed by atoms with Crippen LogP contribution in [0.15, 0.2) is 5.16 Å². The molecule has 82 valence electrons. The standard InChI is InChI=1S/C9H13N3O2S/c1-5-3-6(5)8-10-11-9(12(8)2)15-4-7(13)14/h5-6H,3-4H2,1-2H3,(H,13,14). The molecule has 0 radical (unpaired) electrons. The molecule has 0 aliphatic heterocycles. The van der Waals surface area contributed by atoms with Crippen molar-refractivity contribution in [3.05, 3.63) is 5.82 Å². The normalized spacial score (nSPS) is 24.1. The van der Waals surface area contributed by atoms with Gasteiger partial charge in [-0.05, 0) is 12.3 Å². The summed E-state index contributed by atoms with van der Waals surface area (Å²) in [5.41, 5.74) is 0. The molecule has 15 heavy (non-hydrogen) atoms. The fraction of sp³-hybridized carbons (Fsp3) is 0.667. The maximum atomic E-state index is 10.4. The minimum absolute atomic E-state index is 0.0339. The van der Waals surface area contributed by atoms with E-state index < -0.39 is 5.97 Å². The van der Waals surface area contributed by atoms with E-state index in [-0.39, 0.29) is 5.75 Å². The van der Waals surface area contributed by atoms with E-state index in [2.05, 4.69) is 17.1 Å². The highest BCUT2D eigenvalue weighted by molar-refractivity contribution is 7.99. The molecule has 1 aliphatic carbocycles. The first-order valence-corrected chi connectivity index (χ1v) is 5.82. The summed E-state index contributed by atoms with van der Waals surface area (Å²) >= 11 is 1.21. The number of nitrogens with zero attached hydrogens (tertiary/aromatic N) is 3. The SMILES string of the molecule is CC1CC1c1nnc(SCC(=O)O)n1C. The average molecular weight is 227 g/mol. The Labute approximate surface area is 91.9 Å². The number of hydrogen-bond donors (Lipinski definition) is 1. The summed E-state index contributed by atoms with van der Waals surface area (Å²) in [5, 5.41) is 17.3. The van der Waals surface area contributed by atoms with Gasteiger partial charge in [0.1, 0.15) is 5.82 Å². The second-order valence-electron chi connectivity index (χ2n) is 3.90. The van der Waals surface area contributed by atoms with E-state index in [0.29, 0.717) is 17.0 Å². The number of carboxylic acids is 1. The van der Waals surface area contributed by atoms with Crippen LogP contribution in [0.1, 0.15) is 25.1 Å². The fourth-order valence-electron chi connectivity index (χ4n) is 1.58. The van der Waals surface area contributed by atoms with Crippen LogP contribution in [-0.4, -0.2) is 31.6 Å². The molecular formula is C9H13N3O2S. The second-order valence-corrected chi connectivity index (χ2v) is 4.84. The Hall–Kier alpha value is -1.04. The van der Waals surface area contributed by atoms with Gasteiger partial charge < -0.3 is 9.67 Å². The van der Waals surface area contributed by atoms with Gasteiger partial charge in [0.05, 0.1) is 5.75 Å². The highest BCUT2D eigenvalue weighted by atomic mass is 32.2. The van der Waals surface area contributed by atoms with Crippen LogP contribution in [0.2, 0.25) is 0 Å². The zero-order chi connectivity index (χ0) is 11.0. The molecule has 2 rings (SSSR count). The Morgan fingerprint density at radius 2 is 2.33 bits per heavy atom. The molecule has 0 bridgehead atoms. The maximum Gasteiger partial charge on any atom is 0.313 e. The van der Waals surface area contributed by atoms with Crippen molar-refractivity contribution < 1.29 is 9.90 Å². The van der Waals surface area contributed by atoms with Crippen molar-refractivity contribution in [2.45, 2.75) is 24.4 Å². The molecule has 1 heterocycles. The summed E-state index contributed by atoms with van der Waals surface area (Å²) in [7, 11) is 1.89. The Balaban J connectivity index is 2.06. The topological polar surface area (TPSA) is 68.0 Å². The molecule has 0 spiro atoms. The van der Waals surface area contributed by atoms with Crippen LogP contribution >= 0.6 is 11.8 Å². The first-order chi connectivity index (χ1) is 7.09. The van der Waals surface area contributed by atoms with Gasteiger partial charge >= 0.3 is 5.97 Å². The van der Waals surface area contributed by atoms with Crippen LogP contribution in [0.25, 0.3) is 0 Å². The van der Waals surface area contributed by atoms with Crippen molar-refractivity contribution in [1.29, 1.82) is 0 Å². The number of aromatic nitrogens is 3. The number of hydrogen-bond acceptors (Lipinski definition) is 4. The molecule has 1 aliphatic rings. The monoisotopic (exact) mass is 227 g/mol. The largest absolute Gasteiger partial charge is 0.481 e. The molecule has 1 N–H and O–H groups in total. The van der Waals surface area contributed by atoms with E-state index in [1.807, 2.05) is 11.6 Å². The Morgan fingerprint density at radius 3 is 2.87 bits per heavy atom. The van der Waals surface area contributed by atoms with Crippen molar-refractivity contribution in [2.75, 3.05) is 5.75 Å². The molecule has 0 saturated heterocycles. The van der Waals surface area contributed by atoms with E-state index >= 15 is 0 Å². The van der Waals surface area contributed by atoms with Crippen molar-refractivity contribution in [3.63, 3.8) is 0 Å². The molecular weight excluding hydrogens is 214 g/mol. The molecule has 1 fully saturated rings. The van der Waals surface area contributed by atoms with Gasteiger partial charge in [-0.2, -0.15) is 0 Å². The lowest BCUT2D eigenvalue weighted by atomic mass is 10.3. The number of thioether (sulfide) groups is 1. The van der Waals surface area contributed by atoms with Gasteiger partial charge in [0.15, 0.2) is 5.16 Å².